The second-order valence-corrected chi connectivity index (χ2v) is 4.85. The lowest BCUT2D eigenvalue weighted by molar-refractivity contribution is 0.0599. The molecule has 104 valence electrons. The molecule has 1 aromatic rings. The maximum absolute atomic E-state index is 11.5. The minimum atomic E-state index is -0.342. The van der Waals surface area contributed by atoms with E-state index in [0.29, 0.717) is 17.3 Å². The summed E-state index contributed by atoms with van der Waals surface area (Å²) in [5.74, 6) is 0.461. The van der Waals surface area contributed by atoms with Gasteiger partial charge < -0.3 is 15.4 Å². The molecule has 0 bridgehead atoms. The maximum atomic E-state index is 11.5. The summed E-state index contributed by atoms with van der Waals surface area (Å²) >= 11 is 0. The summed E-state index contributed by atoms with van der Waals surface area (Å²) in [5.41, 5.74) is 1.21. The summed E-state index contributed by atoms with van der Waals surface area (Å²) in [5, 5.41) is 6.79. The molecule has 0 radical (unpaired) electrons. The van der Waals surface area contributed by atoms with Gasteiger partial charge in [-0.25, -0.2) is 9.78 Å². The second kappa shape index (κ2) is 6.52. The molecule has 1 unspecified atom stereocenters. The van der Waals surface area contributed by atoms with Gasteiger partial charge in [0.1, 0.15) is 5.82 Å². The molecule has 1 aliphatic heterocycles. The van der Waals surface area contributed by atoms with Gasteiger partial charge in [-0.05, 0) is 38.4 Å². The number of hydrogen-bond donors (Lipinski definition) is 2. The molecule has 1 atom stereocenters. The standard InChI is InChI=1S/C14H21N3O2/c1-10-12(14(18)19-2)6-7-13(17-10)16-9-11-5-3-4-8-15-11/h6-7,11,15H,3-5,8-9H2,1-2H3,(H,16,17). The van der Waals surface area contributed by atoms with Gasteiger partial charge in [0.05, 0.1) is 18.4 Å². The van der Waals surface area contributed by atoms with Crippen molar-refractivity contribution in [2.24, 2.45) is 0 Å². The number of nitrogens with one attached hydrogen (secondary N) is 2. The zero-order valence-corrected chi connectivity index (χ0v) is 11.5. The monoisotopic (exact) mass is 263 g/mol. The number of aryl methyl sites for hydroxylation is 1. The molecule has 5 heteroatoms. The number of aromatic nitrogens is 1. The number of rotatable bonds is 4. The second-order valence-electron chi connectivity index (χ2n) is 4.85. The Morgan fingerprint density at radius 2 is 2.37 bits per heavy atom. The first kappa shape index (κ1) is 13.8. The zero-order chi connectivity index (χ0) is 13.7. The number of ether oxygens (including phenoxy) is 1. The van der Waals surface area contributed by atoms with Crippen LogP contribution in [0.4, 0.5) is 5.82 Å². The number of piperidine rings is 1. The van der Waals surface area contributed by atoms with Gasteiger partial charge in [0.15, 0.2) is 0 Å². The number of methoxy groups -OCH3 is 1. The zero-order valence-electron chi connectivity index (χ0n) is 11.5. The van der Waals surface area contributed by atoms with Crippen molar-refractivity contribution in [3.63, 3.8) is 0 Å². The largest absolute Gasteiger partial charge is 0.465 e. The average Bonchev–Trinajstić information content (AvgIpc) is 2.45. The highest BCUT2D eigenvalue weighted by Crippen LogP contribution is 2.13. The van der Waals surface area contributed by atoms with Gasteiger partial charge in [-0.3, -0.25) is 0 Å². The van der Waals surface area contributed by atoms with E-state index in [1.165, 1.54) is 26.4 Å². The lowest BCUT2D eigenvalue weighted by Crippen LogP contribution is -2.39. The highest BCUT2D eigenvalue weighted by Gasteiger charge is 2.13. The third-order valence-corrected chi connectivity index (χ3v) is 3.43. The third-order valence-electron chi connectivity index (χ3n) is 3.43. The molecule has 1 aromatic heterocycles. The van der Waals surface area contributed by atoms with E-state index >= 15 is 0 Å². The van der Waals surface area contributed by atoms with Crippen LogP contribution in [-0.4, -0.2) is 37.2 Å². The van der Waals surface area contributed by atoms with Gasteiger partial charge in [0.25, 0.3) is 0 Å². The van der Waals surface area contributed by atoms with Gasteiger partial charge in [-0.15, -0.1) is 0 Å². The molecule has 5 nitrogen and oxygen atoms in total. The molecule has 19 heavy (non-hydrogen) atoms. The summed E-state index contributed by atoms with van der Waals surface area (Å²) in [7, 11) is 1.38. The Bertz CT molecular complexity index is 442. The SMILES string of the molecule is COC(=O)c1ccc(NCC2CCCCN2)nc1C. The molecule has 1 aliphatic rings. The van der Waals surface area contributed by atoms with Crippen LogP contribution in [0.5, 0.6) is 0 Å². The predicted octanol–water partition coefficient (Wildman–Crippen LogP) is 1.73. The van der Waals surface area contributed by atoms with E-state index in [4.69, 9.17) is 4.74 Å². The fourth-order valence-corrected chi connectivity index (χ4v) is 2.31. The molecule has 0 aromatic carbocycles. The van der Waals surface area contributed by atoms with Crippen LogP contribution in [0.25, 0.3) is 0 Å². The molecule has 2 N–H and O–H groups in total. The number of carbonyl (C=O) groups is 1. The highest BCUT2D eigenvalue weighted by molar-refractivity contribution is 5.90. The van der Waals surface area contributed by atoms with Crippen LogP contribution in [0.1, 0.15) is 35.3 Å². The van der Waals surface area contributed by atoms with Crippen LogP contribution in [0, 0.1) is 6.92 Å². The fourth-order valence-electron chi connectivity index (χ4n) is 2.31. The summed E-state index contributed by atoms with van der Waals surface area (Å²) in [4.78, 5) is 15.8. The Morgan fingerprint density at radius 1 is 1.53 bits per heavy atom. The summed E-state index contributed by atoms with van der Waals surface area (Å²) in [6.07, 6.45) is 3.75. The smallest absolute Gasteiger partial charge is 0.339 e. The average molecular weight is 263 g/mol. The number of carbonyl (C=O) groups excluding carboxylic acids is 1. The van der Waals surface area contributed by atoms with Crippen LogP contribution in [0.3, 0.4) is 0 Å². The highest BCUT2D eigenvalue weighted by atomic mass is 16.5. The first-order valence-corrected chi connectivity index (χ1v) is 6.74. The molecular weight excluding hydrogens is 242 g/mol. The Morgan fingerprint density at radius 3 is 3.00 bits per heavy atom. The quantitative estimate of drug-likeness (QED) is 0.810. The minimum absolute atomic E-state index is 0.342. The van der Waals surface area contributed by atoms with E-state index in [1.54, 1.807) is 6.07 Å². The first-order valence-electron chi connectivity index (χ1n) is 6.74. The van der Waals surface area contributed by atoms with Crippen LogP contribution in [0.15, 0.2) is 12.1 Å². The first-order chi connectivity index (χ1) is 9.20. The van der Waals surface area contributed by atoms with Crippen LogP contribution in [-0.2, 0) is 4.74 Å². The number of hydrogen-bond acceptors (Lipinski definition) is 5. The van der Waals surface area contributed by atoms with Crippen molar-refractivity contribution in [3.05, 3.63) is 23.4 Å². The number of anilines is 1. The fraction of sp³-hybridized carbons (Fsp3) is 0.571. The van der Waals surface area contributed by atoms with Crippen LogP contribution < -0.4 is 10.6 Å². The molecule has 2 heterocycles. The van der Waals surface area contributed by atoms with Crippen molar-refractivity contribution < 1.29 is 9.53 Å². The Balaban J connectivity index is 1.94. The van der Waals surface area contributed by atoms with E-state index in [-0.39, 0.29) is 5.97 Å². The van der Waals surface area contributed by atoms with E-state index in [2.05, 4.69) is 15.6 Å². The van der Waals surface area contributed by atoms with Gasteiger partial charge in [-0.2, -0.15) is 0 Å². The van der Waals surface area contributed by atoms with Gasteiger partial charge in [0, 0.05) is 12.6 Å². The Labute approximate surface area is 113 Å². The molecular formula is C14H21N3O2. The number of esters is 1. The van der Waals surface area contributed by atoms with Crippen LogP contribution in [0.2, 0.25) is 0 Å². The maximum Gasteiger partial charge on any atom is 0.339 e. The van der Waals surface area contributed by atoms with E-state index in [1.807, 2.05) is 13.0 Å². The van der Waals surface area contributed by atoms with E-state index in [9.17, 15) is 4.79 Å². The van der Waals surface area contributed by atoms with E-state index < -0.39 is 0 Å². The van der Waals surface area contributed by atoms with Crippen molar-refractivity contribution in [1.29, 1.82) is 0 Å². The van der Waals surface area contributed by atoms with Gasteiger partial charge >= 0.3 is 5.97 Å². The number of nitrogens with zero attached hydrogens (tertiary/aromatic N) is 1. The molecule has 2 rings (SSSR count). The molecule has 1 fully saturated rings. The lowest BCUT2D eigenvalue weighted by Gasteiger charge is -2.23. The normalized spacial score (nSPS) is 18.9. The summed E-state index contributed by atoms with van der Waals surface area (Å²) in [6, 6.07) is 4.09. The topological polar surface area (TPSA) is 63.2 Å². The third kappa shape index (κ3) is 3.67. The lowest BCUT2D eigenvalue weighted by atomic mass is 10.1. The number of pyridine rings is 1. The van der Waals surface area contributed by atoms with Crippen molar-refractivity contribution in [3.8, 4) is 0 Å². The van der Waals surface area contributed by atoms with Crippen LogP contribution >= 0.6 is 0 Å². The summed E-state index contributed by atoms with van der Waals surface area (Å²) in [6.45, 7) is 3.78. The van der Waals surface area contributed by atoms with Crippen molar-refractivity contribution in [1.82, 2.24) is 10.3 Å². The van der Waals surface area contributed by atoms with Gasteiger partial charge in [-0.1, -0.05) is 6.42 Å². The molecule has 1 saturated heterocycles. The molecule has 0 spiro atoms. The molecule has 0 saturated carbocycles. The van der Waals surface area contributed by atoms with Crippen molar-refractivity contribution >= 4 is 11.8 Å². The molecule has 0 amide bonds. The Kier molecular flexibility index (Phi) is 4.74. The van der Waals surface area contributed by atoms with Crippen molar-refractivity contribution in [2.75, 3.05) is 25.5 Å². The Hall–Kier alpha value is -1.62. The van der Waals surface area contributed by atoms with E-state index in [0.717, 1.165) is 18.9 Å². The summed E-state index contributed by atoms with van der Waals surface area (Å²) < 4.78 is 4.70. The minimum Gasteiger partial charge on any atom is -0.465 e. The van der Waals surface area contributed by atoms with Gasteiger partial charge in [0.2, 0.25) is 0 Å². The molecule has 0 aliphatic carbocycles. The van der Waals surface area contributed by atoms with Crippen molar-refractivity contribution in [2.45, 2.75) is 32.2 Å². The predicted molar refractivity (Wildman–Crippen MR) is 74.4 cm³/mol.